The highest BCUT2D eigenvalue weighted by Crippen LogP contribution is 2.10. The van der Waals surface area contributed by atoms with Crippen molar-refractivity contribution in [3.05, 3.63) is 95.6 Å². The molecule has 1 aliphatic rings. The molecule has 0 heterocycles. The van der Waals surface area contributed by atoms with E-state index in [4.69, 9.17) is 18.9 Å². The highest BCUT2D eigenvalue weighted by molar-refractivity contribution is 5.78. The predicted octanol–water partition coefficient (Wildman–Crippen LogP) is 6.00. The molecule has 11 heteroatoms. The van der Waals surface area contributed by atoms with Crippen molar-refractivity contribution in [3.63, 3.8) is 0 Å². The van der Waals surface area contributed by atoms with Gasteiger partial charge >= 0.3 is 24.2 Å². The van der Waals surface area contributed by atoms with Crippen LogP contribution in [-0.4, -0.2) is 80.0 Å². The molecule has 2 aromatic rings. The Morgan fingerprint density at radius 3 is 1.91 bits per heavy atom. The standard InChI is InChI=1S/C35H45N3O8/c1-2-43-32(39)25-38(35(42)46-28-31-19-10-5-11-20-31)24-14-23-37(34(41)45-27-30-17-8-4-9-18-30)22-13-12-21-36-33(40)44-26-29-15-6-3-7-16-29/h4-6,8-11,15-20H,2-3,7,12-14,21-28H2,1H3,(H,36,40). The molecule has 0 radical (unpaired) electrons. The van der Waals surface area contributed by atoms with Crippen molar-refractivity contribution in [2.24, 2.45) is 0 Å². The Kier molecular flexibility index (Phi) is 16.3. The fraction of sp³-hybridized carbons (Fsp3) is 0.429. The second-order valence-corrected chi connectivity index (χ2v) is 10.6. The van der Waals surface area contributed by atoms with Gasteiger partial charge in [0.1, 0.15) is 26.4 Å². The molecule has 2 aromatic carbocycles. The normalized spacial score (nSPS) is 12.0. The summed E-state index contributed by atoms with van der Waals surface area (Å²) in [6.45, 7) is 3.23. The van der Waals surface area contributed by atoms with Crippen molar-refractivity contribution in [2.45, 2.75) is 52.2 Å². The fourth-order valence-electron chi connectivity index (χ4n) is 4.56. The van der Waals surface area contributed by atoms with Gasteiger partial charge in [0.2, 0.25) is 0 Å². The Morgan fingerprint density at radius 2 is 1.30 bits per heavy atom. The number of rotatable bonds is 18. The number of unbranched alkanes of at least 4 members (excludes halogenated alkanes) is 1. The van der Waals surface area contributed by atoms with Crippen LogP contribution in [0.5, 0.6) is 0 Å². The molecule has 0 atom stereocenters. The number of carbonyl (C=O) groups excluding carboxylic acids is 4. The fourth-order valence-corrected chi connectivity index (χ4v) is 4.56. The molecule has 0 fully saturated rings. The monoisotopic (exact) mass is 635 g/mol. The SMILES string of the molecule is CCOC(=O)CN(CCCN(CCCCNC(=O)OCC1=CCCC=C1)C(=O)OCc1ccccc1)C(=O)OCc1ccccc1. The first-order chi connectivity index (χ1) is 22.4. The minimum Gasteiger partial charge on any atom is -0.465 e. The van der Waals surface area contributed by atoms with Crippen molar-refractivity contribution in [2.75, 3.05) is 45.9 Å². The topological polar surface area (TPSA) is 124 Å². The Bertz CT molecular complexity index is 1280. The quantitative estimate of drug-likeness (QED) is 0.120. The van der Waals surface area contributed by atoms with Gasteiger partial charge in [-0.15, -0.1) is 0 Å². The van der Waals surface area contributed by atoms with E-state index in [9.17, 15) is 19.2 Å². The van der Waals surface area contributed by atoms with Crippen molar-refractivity contribution in [3.8, 4) is 0 Å². The molecule has 0 aromatic heterocycles. The maximum absolute atomic E-state index is 13.1. The molecule has 0 bridgehead atoms. The van der Waals surface area contributed by atoms with E-state index >= 15 is 0 Å². The lowest BCUT2D eigenvalue weighted by Gasteiger charge is -2.25. The third-order valence-corrected chi connectivity index (χ3v) is 6.97. The maximum atomic E-state index is 13.1. The van der Waals surface area contributed by atoms with Gasteiger partial charge in [0.15, 0.2) is 0 Å². The van der Waals surface area contributed by atoms with E-state index in [2.05, 4.69) is 17.5 Å². The number of ether oxygens (including phenoxy) is 4. The molecule has 3 rings (SSSR count). The largest absolute Gasteiger partial charge is 0.465 e. The maximum Gasteiger partial charge on any atom is 0.410 e. The van der Waals surface area contributed by atoms with Crippen molar-refractivity contribution >= 4 is 24.2 Å². The number of amides is 3. The van der Waals surface area contributed by atoms with Crippen LogP contribution >= 0.6 is 0 Å². The lowest BCUT2D eigenvalue weighted by atomic mass is 10.1. The number of carbonyl (C=O) groups is 4. The minimum atomic E-state index is -0.649. The molecular weight excluding hydrogens is 590 g/mol. The second kappa shape index (κ2) is 21.0. The van der Waals surface area contributed by atoms with Gasteiger partial charge in [-0.2, -0.15) is 0 Å². The van der Waals surface area contributed by atoms with Gasteiger partial charge in [0, 0.05) is 26.2 Å². The first-order valence-corrected chi connectivity index (χ1v) is 15.8. The molecule has 0 saturated heterocycles. The lowest BCUT2D eigenvalue weighted by molar-refractivity contribution is -0.144. The van der Waals surface area contributed by atoms with E-state index in [-0.39, 0.29) is 46.1 Å². The van der Waals surface area contributed by atoms with E-state index in [1.807, 2.05) is 66.7 Å². The molecular formula is C35H45N3O8. The van der Waals surface area contributed by atoms with Crippen molar-refractivity contribution in [1.29, 1.82) is 0 Å². The average Bonchev–Trinajstić information content (AvgIpc) is 3.08. The zero-order chi connectivity index (χ0) is 32.8. The molecule has 0 saturated carbocycles. The molecule has 3 amide bonds. The number of alkyl carbamates (subject to hydrolysis) is 1. The van der Waals surface area contributed by atoms with Gasteiger partial charge in [0.05, 0.1) is 6.61 Å². The third-order valence-electron chi connectivity index (χ3n) is 6.97. The summed E-state index contributed by atoms with van der Waals surface area (Å²) in [5, 5.41) is 2.75. The van der Waals surface area contributed by atoms with Crippen molar-refractivity contribution < 1.29 is 38.1 Å². The van der Waals surface area contributed by atoms with E-state index in [1.165, 1.54) is 4.90 Å². The first-order valence-electron chi connectivity index (χ1n) is 15.8. The van der Waals surface area contributed by atoms with Crippen LogP contribution in [0.1, 0.15) is 50.2 Å². The Labute approximate surface area is 271 Å². The Morgan fingerprint density at radius 1 is 0.696 bits per heavy atom. The highest BCUT2D eigenvalue weighted by Gasteiger charge is 2.21. The summed E-state index contributed by atoms with van der Waals surface area (Å²) < 4.78 is 21.3. The van der Waals surface area contributed by atoms with E-state index in [1.54, 1.807) is 11.8 Å². The summed E-state index contributed by atoms with van der Waals surface area (Å²) in [6, 6.07) is 18.6. The van der Waals surface area contributed by atoms with Gasteiger partial charge in [0.25, 0.3) is 0 Å². The summed E-state index contributed by atoms with van der Waals surface area (Å²) >= 11 is 0. The molecule has 46 heavy (non-hydrogen) atoms. The molecule has 11 nitrogen and oxygen atoms in total. The van der Waals surface area contributed by atoms with Crippen LogP contribution in [-0.2, 0) is 37.0 Å². The zero-order valence-corrected chi connectivity index (χ0v) is 26.6. The summed E-state index contributed by atoms with van der Waals surface area (Å²) in [5.74, 6) is -0.545. The van der Waals surface area contributed by atoms with Crippen LogP contribution in [0.15, 0.2) is 84.5 Å². The molecule has 1 N–H and O–H groups in total. The summed E-state index contributed by atoms with van der Waals surface area (Å²) in [5.41, 5.74) is 2.66. The third kappa shape index (κ3) is 14.3. The van der Waals surface area contributed by atoms with Gasteiger partial charge in [-0.3, -0.25) is 9.69 Å². The minimum absolute atomic E-state index is 0.0629. The summed E-state index contributed by atoms with van der Waals surface area (Å²) in [4.78, 5) is 53.1. The smallest absolute Gasteiger partial charge is 0.410 e. The van der Waals surface area contributed by atoms with Crippen LogP contribution in [0.25, 0.3) is 0 Å². The number of allylic oxidation sites excluding steroid dienone is 2. The highest BCUT2D eigenvalue weighted by atomic mass is 16.6. The Hall–Kier alpha value is -4.80. The number of hydrogen-bond donors (Lipinski definition) is 1. The van der Waals surface area contributed by atoms with Crippen LogP contribution in [0, 0.1) is 0 Å². The number of benzene rings is 2. The lowest BCUT2D eigenvalue weighted by Crippen LogP contribution is -2.40. The van der Waals surface area contributed by atoms with Gasteiger partial charge in [-0.05, 0) is 55.7 Å². The second-order valence-electron chi connectivity index (χ2n) is 10.6. The van der Waals surface area contributed by atoms with Crippen molar-refractivity contribution in [1.82, 2.24) is 15.1 Å². The Balaban J connectivity index is 1.50. The van der Waals surface area contributed by atoms with Crippen LogP contribution in [0.3, 0.4) is 0 Å². The predicted molar refractivity (Wildman–Crippen MR) is 173 cm³/mol. The molecule has 0 spiro atoms. The number of nitrogens with zero attached hydrogens (tertiary/aromatic N) is 2. The van der Waals surface area contributed by atoms with E-state index in [0.717, 1.165) is 29.5 Å². The van der Waals surface area contributed by atoms with Crippen LogP contribution < -0.4 is 5.32 Å². The number of hydrogen-bond acceptors (Lipinski definition) is 8. The average molecular weight is 636 g/mol. The first kappa shape index (κ1) is 35.7. The molecule has 1 aliphatic carbocycles. The molecule has 0 unspecified atom stereocenters. The summed E-state index contributed by atoms with van der Waals surface area (Å²) in [7, 11) is 0. The number of esters is 1. The van der Waals surface area contributed by atoms with Crippen LogP contribution in [0.2, 0.25) is 0 Å². The molecule has 0 aliphatic heterocycles. The number of nitrogens with one attached hydrogen (secondary N) is 1. The summed E-state index contributed by atoms with van der Waals surface area (Å²) in [6.07, 6.45) is 7.98. The molecule has 248 valence electrons. The van der Waals surface area contributed by atoms with Gasteiger partial charge < -0.3 is 29.2 Å². The van der Waals surface area contributed by atoms with Gasteiger partial charge in [-0.1, -0.05) is 78.9 Å². The van der Waals surface area contributed by atoms with Gasteiger partial charge in [-0.25, -0.2) is 14.4 Å². The van der Waals surface area contributed by atoms with E-state index in [0.29, 0.717) is 32.4 Å². The van der Waals surface area contributed by atoms with Crippen LogP contribution in [0.4, 0.5) is 14.4 Å². The zero-order valence-electron chi connectivity index (χ0n) is 26.6. The van der Waals surface area contributed by atoms with E-state index < -0.39 is 24.2 Å².